The smallest absolute Gasteiger partial charge is 0.165 e. The molecule has 15 heavy (non-hydrogen) atoms. The molecule has 0 atom stereocenters. The molecule has 0 aliphatic rings. The van der Waals surface area contributed by atoms with Crippen LogP contribution in [0.2, 0.25) is 0 Å². The van der Waals surface area contributed by atoms with Gasteiger partial charge < -0.3 is 9.84 Å². The molecule has 0 unspecified atom stereocenters. The molecule has 0 aromatic heterocycles. The second-order valence-electron chi connectivity index (χ2n) is 3.48. The van der Waals surface area contributed by atoms with Crippen molar-refractivity contribution in [1.29, 1.82) is 0 Å². The molecule has 0 fully saturated rings. The number of fused-ring (bicyclic) bond motifs is 1. The van der Waals surface area contributed by atoms with Crippen LogP contribution in [0.3, 0.4) is 0 Å². The van der Waals surface area contributed by atoms with Crippen molar-refractivity contribution in [2.75, 3.05) is 7.11 Å². The zero-order valence-corrected chi connectivity index (χ0v) is 8.95. The summed E-state index contributed by atoms with van der Waals surface area (Å²) in [5.41, 5.74) is 1.24. The van der Waals surface area contributed by atoms with Crippen molar-refractivity contribution in [1.82, 2.24) is 0 Å². The first-order valence-electron chi connectivity index (χ1n) is 5.05. The molecule has 0 aliphatic carbocycles. The normalized spacial score (nSPS) is 10.5. The lowest BCUT2D eigenvalue weighted by molar-refractivity contribution is 0.376. The van der Waals surface area contributed by atoms with Gasteiger partial charge in [0.15, 0.2) is 11.5 Å². The minimum absolute atomic E-state index is 0.227. The maximum absolute atomic E-state index is 9.94. The second kappa shape index (κ2) is 3.81. The molecule has 0 aliphatic heterocycles. The predicted octanol–water partition coefficient (Wildman–Crippen LogP) is 3.12. The van der Waals surface area contributed by atoms with Crippen LogP contribution in [0.15, 0.2) is 30.3 Å². The fourth-order valence-corrected chi connectivity index (χ4v) is 1.86. The van der Waals surface area contributed by atoms with Crippen molar-refractivity contribution < 1.29 is 9.84 Å². The summed E-state index contributed by atoms with van der Waals surface area (Å²) in [6.07, 6.45) is 0.961. The summed E-state index contributed by atoms with van der Waals surface area (Å²) < 4.78 is 5.08. The SMILES string of the molecule is CCc1cccc2c(O)c(OC)ccc12. The molecular weight excluding hydrogens is 188 g/mol. The molecule has 0 saturated carbocycles. The highest BCUT2D eigenvalue weighted by Crippen LogP contribution is 2.35. The van der Waals surface area contributed by atoms with Gasteiger partial charge in [0.2, 0.25) is 0 Å². The number of methoxy groups -OCH3 is 1. The highest BCUT2D eigenvalue weighted by Gasteiger charge is 2.07. The molecule has 2 heteroatoms. The Morgan fingerprint density at radius 3 is 2.60 bits per heavy atom. The highest BCUT2D eigenvalue weighted by atomic mass is 16.5. The van der Waals surface area contributed by atoms with Crippen LogP contribution in [-0.2, 0) is 6.42 Å². The number of ether oxygens (including phenoxy) is 1. The van der Waals surface area contributed by atoms with Gasteiger partial charge >= 0.3 is 0 Å². The van der Waals surface area contributed by atoms with E-state index in [2.05, 4.69) is 13.0 Å². The molecule has 0 radical (unpaired) electrons. The highest BCUT2D eigenvalue weighted by molar-refractivity contribution is 5.92. The minimum Gasteiger partial charge on any atom is -0.504 e. The lowest BCUT2D eigenvalue weighted by atomic mass is 10.0. The molecule has 2 aromatic carbocycles. The standard InChI is InChI=1S/C13H14O2/c1-3-9-5-4-6-11-10(9)7-8-12(15-2)13(11)14/h4-8,14H,3H2,1-2H3. The van der Waals surface area contributed by atoms with Crippen LogP contribution >= 0.6 is 0 Å². The van der Waals surface area contributed by atoms with Crippen LogP contribution in [0, 0.1) is 0 Å². The van der Waals surface area contributed by atoms with Crippen LogP contribution in [0.4, 0.5) is 0 Å². The first-order chi connectivity index (χ1) is 7.27. The van der Waals surface area contributed by atoms with E-state index in [1.165, 1.54) is 5.56 Å². The predicted molar refractivity (Wildman–Crippen MR) is 61.5 cm³/mol. The average molecular weight is 202 g/mol. The fourth-order valence-electron chi connectivity index (χ4n) is 1.86. The second-order valence-corrected chi connectivity index (χ2v) is 3.48. The summed E-state index contributed by atoms with van der Waals surface area (Å²) in [6.45, 7) is 2.11. The van der Waals surface area contributed by atoms with Crippen molar-refractivity contribution in [2.45, 2.75) is 13.3 Å². The number of hydrogen-bond acceptors (Lipinski definition) is 2. The van der Waals surface area contributed by atoms with E-state index in [9.17, 15) is 5.11 Å². The van der Waals surface area contributed by atoms with E-state index < -0.39 is 0 Å². The zero-order chi connectivity index (χ0) is 10.8. The van der Waals surface area contributed by atoms with Crippen LogP contribution in [0.1, 0.15) is 12.5 Å². The molecule has 2 aromatic rings. The van der Waals surface area contributed by atoms with Crippen molar-refractivity contribution in [3.63, 3.8) is 0 Å². The zero-order valence-electron chi connectivity index (χ0n) is 8.95. The lowest BCUT2D eigenvalue weighted by Gasteiger charge is -2.09. The van der Waals surface area contributed by atoms with Crippen LogP contribution < -0.4 is 4.74 Å². The van der Waals surface area contributed by atoms with E-state index in [0.717, 1.165) is 17.2 Å². The van der Waals surface area contributed by atoms with Gasteiger partial charge in [0, 0.05) is 5.39 Å². The number of phenols is 1. The van der Waals surface area contributed by atoms with Gasteiger partial charge in [0.25, 0.3) is 0 Å². The average Bonchev–Trinajstić information content (AvgIpc) is 2.29. The molecule has 78 valence electrons. The maximum atomic E-state index is 9.94. The van der Waals surface area contributed by atoms with Crippen LogP contribution in [-0.4, -0.2) is 12.2 Å². The molecular formula is C13H14O2. The molecule has 0 amide bonds. The number of aromatic hydroxyl groups is 1. The van der Waals surface area contributed by atoms with Gasteiger partial charge in [0.1, 0.15) is 0 Å². The van der Waals surface area contributed by atoms with Crippen LogP contribution in [0.25, 0.3) is 10.8 Å². The molecule has 0 heterocycles. The van der Waals surface area contributed by atoms with Gasteiger partial charge in [-0.15, -0.1) is 0 Å². The first-order valence-corrected chi connectivity index (χ1v) is 5.05. The van der Waals surface area contributed by atoms with E-state index in [0.29, 0.717) is 5.75 Å². The van der Waals surface area contributed by atoms with Gasteiger partial charge in [0.05, 0.1) is 7.11 Å². The van der Waals surface area contributed by atoms with Gasteiger partial charge in [-0.2, -0.15) is 0 Å². The fraction of sp³-hybridized carbons (Fsp3) is 0.231. The molecule has 1 N–H and O–H groups in total. The monoisotopic (exact) mass is 202 g/mol. The topological polar surface area (TPSA) is 29.5 Å². The van der Waals surface area contributed by atoms with Gasteiger partial charge in [-0.25, -0.2) is 0 Å². The summed E-state index contributed by atoms with van der Waals surface area (Å²) in [5, 5.41) is 11.9. The van der Waals surface area contributed by atoms with E-state index in [4.69, 9.17) is 4.74 Å². The Balaban J connectivity index is 2.78. The largest absolute Gasteiger partial charge is 0.504 e. The number of phenolic OH excluding ortho intramolecular Hbond substituents is 1. The third-order valence-corrected chi connectivity index (χ3v) is 2.69. The number of benzene rings is 2. The Kier molecular flexibility index (Phi) is 2.50. The quantitative estimate of drug-likeness (QED) is 0.810. The third-order valence-electron chi connectivity index (χ3n) is 2.69. The summed E-state index contributed by atoms with van der Waals surface area (Å²) in [7, 11) is 1.56. The van der Waals surface area contributed by atoms with Crippen molar-refractivity contribution >= 4 is 10.8 Å². The molecule has 2 rings (SSSR count). The maximum Gasteiger partial charge on any atom is 0.165 e. The van der Waals surface area contributed by atoms with Gasteiger partial charge in [-0.05, 0) is 23.4 Å². The summed E-state index contributed by atoms with van der Waals surface area (Å²) in [6, 6.07) is 9.74. The third kappa shape index (κ3) is 1.52. The molecule has 2 nitrogen and oxygen atoms in total. The van der Waals surface area contributed by atoms with Gasteiger partial charge in [-0.1, -0.05) is 31.2 Å². The Labute approximate surface area is 89.1 Å². The molecule has 0 spiro atoms. The van der Waals surface area contributed by atoms with E-state index in [1.54, 1.807) is 13.2 Å². The Hall–Kier alpha value is -1.70. The number of hydrogen-bond donors (Lipinski definition) is 1. The first kappa shape index (κ1) is 9.84. The van der Waals surface area contributed by atoms with Crippen LogP contribution in [0.5, 0.6) is 11.5 Å². The minimum atomic E-state index is 0.227. The van der Waals surface area contributed by atoms with Crippen molar-refractivity contribution in [3.8, 4) is 11.5 Å². The summed E-state index contributed by atoms with van der Waals surface area (Å²) in [4.78, 5) is 0. The van der Waals surface area contributed by atoms with Gasteiger partial charge in [-0.3, -0.25) is 0 Å². The van der Waals surface area contributed by atoms with E-state index in [-0.39, 0.29) is 5.75 Å². The number of aryl methyl sites for hydroxylation is 1. The van der Waals surface area contributed by atoms with Crippen molar-refractivity contribution in [3.05, 3.63) is 35.9 Å². The Bertz CT molecular complexity index is 489. The summed E-state index contributed by atoms with van der Waals surface area (Å²) >= 11 is 0. The Morgan fingerprint density at radius 1 is 1.13 bits per heavy atom. The number of rotatable bonds is 2. The lowest BCUT2D eigenvalue weighted by Crippen LogP contribution is -1.87. The van der Waals surface area contributed by atoms with E-state index >= 15 is 0 Å². The van der Waals surface area contributed by atoms with Crippen molar-refractivity contribution in [2.24, 2.45) is 0 Å². The molecule has 0 bridgehead atoms. The Morgan fingerprint density at radius 2 is 1.93 bits per heavy atom. The molecule has 0 saturated heterocycles. The summed E-state index contributed by atoms with van der Waals surface area (Å²) in [5.74, 6) is 0.751. The van der Waals surface area contributed by atoms with E-state index in [1.807, 2.05) is 18.2 Å².